The lowest BCUT2D eigenvalue weighted by Crippen LogP contribution is -2.45. The van der Waals surface area contributed by atoms with E-state index in [0.717, 1.165) is 38.5 Å². The van der Waals surface area contributed by atoms with Crippen molar-refractivity contribution >= 4 is 11.9 Å². The predicted octanol–water partition coefficient (Wildman–Crippen LogP) is 25.3. The van der Waals surface area contributed by atoms with Crippen molar-refractivity contribution < 1.29 is 24.5 Å². The van der Waals surface area contributed by atoms with Crippen LogP contribution < -0.4 is 5.32 Å². The molecule has 2 unspecified atom stereocenters. The maximum atomic E-state index is 12.5. The second kappa shape index (κ2) is 73.8. The highest BCUT2D eigenvalue weighted by molar-refractivity contribution is 5.76. The van der Waals surface area contributed by atoms with Crippen LogP contribution in [0.3, 0.4) is 0 Å². The summed E-state index contributed by atoms with van der Waals surface area (Å²) in [6.07, 6.45) is 94.5. The normalized spacial score (nSPS) is 12.6. The summed E-state index contributed by atoms with van der Waals surface area (Å²) in [4.78, 5) is 24.5. The molecular weight excluding hydrogens is 1030 g/mol. The molecule has 2 atom stereocenters. The number of allylic oxidation sites excluding steroid dienone is 3. The molecule has 0 aromatic heterocycles. The lowest BCUT2D eigenvalue weighted by molar-refractivity contribution is -0.143. The lowest BCUT2D eigenvalue weighted by Gasteiger charge is -2.20. The summed E-state index contributed by atoms with van der Waals surface area (Å²) in [7, 11) is 0. The maximum absolute atomic E-state index is 12.5. The Labute approximate surface area is 526 Å². The number of aliphatic hydroxyl groups excluding tert-OH is 2. The van der Waals surface area contributed by atoms with E-state index in [2.05, 4.69) is 31.3 Å². The number of hydrogen-bond acceptors (Lipinski definition) is 5. The van der Waals surface area contributed by atoms with E-state index in [0.29, 0.717) is 19.4 Å². The molecule has 0 fully saturated rings. The molecule has 0 aliphatic carbocycles. The molecule has 0 bridgehead atoms. The lowest BCUT2D eigenvalue weighted by atomic mass is 10.0. The van der Waals surface area contributed by atoms with Gasteiger partial charge in [-0.05, 0) is 57.8 Å². The summed E-state index contributed by atoms with van der Waals surface area (Å²) in [5.41, 5.74) is 0. The van der Waals surface area contributed by atoms with Gasteiger partial charge in [0.05, 0.1) is 25.4 Å². The van der Waals surface area contributed by atoms with E-state index in [-0.39, 0.29) is 18.5 Å². The minimum absolute atomic E-state index is 0.0237. The van der Waals surface area contributed by atoms with Gasteiger partial charge in [0.1, 0.15) is 0 Å². The summed E-state index contributed by atoms with van der Waals surface area (Å²) >= 11 is 0. The monoisotopic (exact) mass is 1180 g/mol. The second-order valence-electron chi connectivity index (χ2n) is 26.7. The number of aliphatic hydroxyl groups is 2. The zero-order valence-corrected chi connectivity index (χ0v) is 57.2. The summed E-state index contributed by atoms with van der Waals surface area (Å²) in [6.45, 7) is 4.95. The Morgan fingerprint density at radius 3 is 0.845 bits per heavy atom. The number of ether oxygens (including phenoxy) is 1. The molecule has 0 saturated heterocycles. The van der Waals surface area contributed by atoms with Gasteiger partial charge in [0, 0.05) is 12.8 Å². The van der Waals surface area contributed by atoms with Crippen LogP contribution in [0.4, 0.5) is 0 Å². The maximum Gasteiger partial charge on any atom is 0.305 e. The Balaban J connectivity index is 3.33. The van der Waals surface area contributed by atoms with Crippen LogP contribution in [0.15, 0.2) is 24.3 Å². The molecule has 0 aliphatic heterocycles. The molecule has 498 valence electrons. The van der Waals surface area contributed by atoms with Crippen LogP contribution in [0.1, 0.15) is 438 Å². The van der Waals surface area contributed by atoms with Gasteiger partial charge in [-0.3, -0.25) is 9.59 Å². The van der Waals surface area contributed by atoms with Crippen molar-refractivity contribution in [3.63, 3.8) is 0 Å². The third-order valence-corrected chi connectivity index (χ3v) is 18.2. The van der Waals surface area contributed by atoms with Crippen molar-refractivity contribution in [2.75, 3.05) is 13.2 Å². The smallest absolute Gasteiger partial charge is 0.305 e. The summed E-state index contributed by atoms with van der Waals surface area (Å²) in [6, 6.07) is -0.624. The third kappa shape index (κ3) is 69.4. The quantitative estimate of drug-likeness (QED) is 0.0320. The van der Waals surface area contributed by atoms with Gasteiger partial charge in [-0.1, -0.05) is 391 Å². The molecule has 0 rings (SSSR count). The van der Waals surface area contributed by atoms with E-state index in [4.69, 9.17) is 4.74 Å². The number of unbranched alkanes of at least 4 members (excludes halogenated alkanes) is 60. The van der Waals surface area contributed by atoms with Crippen LogP contribution in [-0.2, 0) is 14.3 Å². The van der Waals surface area contributed by atoms with E-state index in [1.807, 2.05) is 6.08 Å². The first-order valence-corrected chi connectivity index (χ1v) is 38.6. The molecule has 0 aromatic carbocycles. The van der Waals surface area contributed by atoms with Crippen LogP contribution in [0.5, 0.6) is 0 Å². The zero-order chi connectivity index (χ0) is 60.6. The van der Waals surface area contributed by atoms with Crippen molar-refractivity contribution in [2.24, 2.45) is 0 Å². The summed E-state index contributed by atoms with van der Waals surface area (Å²) in [5, 5.41) is 23.2. The highest BCUT2D eigenvalue weighted by Crippen LogP contribution is 2.20. The Kier molecular flexibility index (Phi) is 72.3. The fourth-order valence-corrected chi connectivity index (χ4v) is 12.3. The summed E-state index contributed by atoms with van der Waals surface area (Å²) in [5.74, 6) is -0.0366. The van der Waals surface area contributed by atoms with Crippen molar-refractivity contribution in [1.29, 1.82) is 0 Å². The Hall–Kier alpha value is -1.66. The van der Waals surface area contributed by atoms with E-state index in [1.165, 1.54) is 372 Å². The predicted molar refractivity (Wildman–Crippen MR) is 370 cm³/mol. The molecular formula is C78H151NO5. The van der Waals surface area contributed by atoms with E-state index < -0.39 is 12.1 Å². The van der Waals surface area contributed by atoms with Gasteiger partial charge in [0.25, 0.3) is 0 Å². The molecule has 0 spiro atoms. The van der Waals surface area contributed by atoms with Crippen LogP contribution in [0.25, 0.3) is 0 Å². The standard InChI is InChI=1S/C78H151NO5/c1-3-5-7-9-11-13-15-17-18-44-47-50-54-58-62-66-70-76(81)75(74-80)79-77(82)71-67-63-59-55-51-48-45-42-40-38-36-34-32-30-28-26-24-22-20-19-21-23-25-27-29-31-33-35-37-39-41-43-46-49-53-57-61-65-69-73-84-78(83)72-68-64-60-56-52-16-14-12-10-8-6-4-2/h19-20,66,70,75-76,80-81H,3-18,21-65,67-69,71-74H2,1-2H3,(H,79,82)/b20-19-,70-66+. The van der Waals surface area contributed by atoms with Gasteiger partial charge in [-0.2, -0.15) is 0 Å². The average molecular weight is 1180 g/mol. The Morgan fingerprint density at radius 1 is 0.321 bits per heavy atom. The van der Waals surface area contributed by atoms with Gasteiger partial charge >= 0.3 is 5.97 Å². The largest absolute Gasteiger partial charge is 0.466 e. The SMILES string of the molecule is CCCCCCCCCCCCCCCC/C=C/C(O)C(CO)NC(=O)CCCCCCCCCCCCCCCCCCC/C=C\CCCCCCCCCCCCCCCCCCCCOC(=O)CCCCCCCCCCCCCC. The van der Waals surface area contributed by atoms with Crippen LogP contribution >= 0.6 is 0 Å². The molecule has 0 radical (unpaired) electrons. The van der Waals surface area contributed by atoms with Crippen molar-refractivity contribution in [3.8, 4) is 0 Å². The molecule has 0 heterocycles. The van der Waals surface area contributed by atoms with Crippen molar-refractivity contribution in [3.05, 3.63) is 24.3 Å². The third-order valence-electron chi connectivity index (χ3n) is 18.2. The van der Waals surface area contributed by atoms with Gasteiger partial charge in [0.15, 0.2) is 0 Å². The van der Waals surface area contributed by atoms with Gasteiger partial charge in [-0.25, -0.2) is 0 Å². The number of carbonyl (C=O) groups is 2. The number of hydrogen-bond donors (Lipinski definition) is 3. The molecule has 1 amide bonds. The van der Waals surface area contributed by atoms with Crippen LogP contribution in [0.2, 0.25) is 0 Å². The van der Waals surface area contributed by atoms with E-state index >= 15 is 0 Å². The number of esters is 1. The fraction of sp³-hybridized carbons (Fsp3) is 0.923. The molecule has 84 heavy (non-hydrogen) atoms. The molecule has 3 N–H and O–H groups in total. The van der Waals surface area contributed by atoms with Gasteiger partial charge in [0.2, 0.25) is 5.91 Å². The fourth-order valence-electron chi connectivity index (χ4n) is 12.3. The number of amides is 1. The molecule has 0 aliphatic rings. The number of nitrogens with one attached hydrogen (secondary N) is 1. The first-order valence-electron chi connectivity index (χ1n) is 38.6. The first-order chi connectivity index (χ1) is 41.5. The number of rotatable bonds is 73. The molecule has 0 aromatic rings. The van der Waals surface area contributed by atoms with Crippen molar-refractivity contribution in [1.82, 2.24) is 5.32 Å². The minimum atomic E-state index is -0.841. The average Bonchev–Trinajstić information content (AvgIpc) is 3.50. The van der Waals surface area contributed by atoms with E-state index in [1.54, 1.807) is 6.08 Å². The topological polar surface area (TPSA) is 95.9 Å². The van der Waals surface area contributed by atoms with Gasteiger partial charge < -0.3 is 20.3 Å². The Morgan fingerprint density at radius 2 is 0.560 bits per heavy atom. The highest BCUT2D eigenvalue weighted by atomic mass is 16.5. The first kappa shape index (κ1) is 82.3. The highest BCUT2D eigenvalue weighted by Gasteiger charge is 2.18. The zero-order valence-electron chi connectivity index (χ0n) is 57.2. The second-order valence-corrected chi connectivity index (χ2v) is 26.7. The number of carbonyl (C=O) groups excluding carboxylic acids is 2. The van der Waals surface area contributed by atoms with Crippen LogP contribution in [-0.4, -0.2) is 47.4 Å². The van der Waals surface area contributed by atoms with E-state index in [9.17, 15) is 19.8 Å². The van der Waals surface area contributed by atoms with Crippen molar-refractivity contribution in [2.45, 2.75) is 450 Å². The molecule has 0 saturated carbocycles. The molecule has 6 heteroatoms. The summed E-state index contributed by atoms with van der Waals surface area (Å²) < 4.78 is 5.49. The van der Waals surface area contributed by atoms with Crippen LogP contribution in [0, 0.1) is 0 Å². The minimum Gasteiger partial charge on any atom is -0.466 e. The van der Waals surface area contributed by atoms with Gasteiger partial charge in [-0.15, -0.1) is 0 Å². The Bertz CT molecular complexity index is 1320. The molecule has 6 nitrogen and oxygen atoms in total.